The third-order valence-electron chi connectivity index (χ3n) is 2.52. The second-order valence-electron chi connectivity index (χ2n) is 4.89. The third kappa shape index (κ3) is 4.05. The number of aromatic nitrogens is 2. The van der Waals surface area contributed by atoms with Gasteiger partial charge in [0, 0.05) is 12.1 Å². The van der Waals surface area contributed by atoms with Crippen LogP contribution in [0.3, 0.4) is 0 Å². The maximum absolute atomic E-state index is 12.3. The second-order valence-corrected chi connectivity index (χ2v) is 8.01. The van der Waals surface area contributed by atoms with Crippen molar-refractivity contribution in [2.45, 2.75) is 25.2 Å². The van der Waals surface area contributed by atoms with Gasteiger partial charge in [-0.15, -0.1) is 10.2 Å². The van der Waals surface area contributed by atoms with E-state index in [9.17, 15) is 8.42 Å². The van der Waals surface area contributed by atoms with E-state index in [0.29, 0.717) is 11.6 Å². The highest BCUT2D eigenvalue weighted by atomic mass is 35.5. The van der Waals surface area contributed by atoms with Crippen LogP contribution in [0.1, 0.15) is 18.9 Å². The Balaban J connectivity index is 2.23. The van der Waals surface area contributed by atoms with Crippen molar-refractivity contribution >= 4 is 43.8 Å². The molecule has 0 aliphatic heterocycles. The monoisotopic (exact) mass is 346 g/mol. The molecular weight excluding hydrogens is 332 g/mol. The van der Waals surface area contributed by atoms with Crippen molar-refractivity contribution in [3.63, 3.8) is 0 Å². The topological polar surface area (TPSA) is 98.0 Å². The van der Waals surface area contributed by atoms with E-state index >= 15 is 0 Å². The minimum absolute atomic E-state index is 0.0426. The fourth-order valence-corrected chi connectivity index (χ4v) is 4.37. The molecule has 0 bridgehead atoms. The van der Waals surface area contributed by atoms with Crippen LogP contribution in [-0.2, 0) is 16.4 Å². The molecule has 1 aromatic carbocycles. The molecule has 3 N–H and O–H groups in total. The standard InChI is InChI=1S/C12H15ClN4O2S2/c1-7(2)5-11-15-16-12(20-11)17-21(18,19)10-4-3-8(14)6-9(10)13/h3-4,6-7H,5,14H2,1-2H3,(H,16,17). The number of halogens is 1. The van der Waals surface area contributed by atoms with Crippen LogP contribution < -0.4 is 10.5 Å². The second kappa shape index (κ2) is 6.17. The van der Waals surface area contributed by atoms with Gasteiger partial charge in [0.1, 0.15) is 9.90 Å². The number of nitrogens with two attached hydrogens (primary N) is 1. The average Bonchev–Trinajstić information content (AvgIpc) is 2.73. The first-order valence-electron chi connectivity index (χ1n) is 6.18. The number of anilines is 2. The summed E-state index contributed by atoms with van der Waals surface area (Å²) in [5.41, 5.74) is 5.95. The van der Waals surface area contributed by atoms with Gasteiger partial charge >= 0.3 is 0 Å². The van der Waals surface area contributed by atoms with E-state index in [1.54, 1.807) is 0 Å². The molecule has 2 aromatic rings. The summed E-state index contributed by atoms with van der Waals surface area (Å²) in [7, 11) is -3.81. The predicted molar refractivity (Wildman–Crippen MR) is 85.1 cm³/mol. The van der Waals surface area contributed by atoms with E-state index in [2.05, 4.69) is 28.8 Å². The number of hydrogen-bond donors (Lipinski definition) is 2. The first kappa shape index (κ1) is 16.0. The molecule has 6 nitrogen and oxygen atoms in total. The van der Waals surface area contributed by atoms with Gasteiger partial charge in [0.25, 0.3) is 10.0 Å². The lowest BCUT2D eigenvalue weighted by molar-refractivity contribution is 0.601. The van der Waals surface area contributed by atoms with E-state index in [4.69, 9.17) is 17.3 Å². The number of sulfonamides is 1. The number of nitrogen functional groups attached to an aromatic ring is 1. The first-order chi connectivity index (χ1) is 9.78. The van der Waals surface area contributed by atoms with Gasteiger partial charge in [-0.2, -0.15) is 0 Å². The summed E-state index contributed by atoms with van der Waals surface area (Å²) in [6, 6.07) is 4.22. The molecule has 21 heavy (non-hydrogen) atoms. The van der Waals surface area contributed by atoms with Crippen molar-refractivity contribution in [2.75, 3.05) is 10.5 Å². The van der Waals surface area contributed by atoms with Crippen LogP contribution in [0.25, 0.3) is 0 Å². The zero-order valence-electron chi connectivity index (χ0n) is 11.5. The molecular formula is C12H15ClN4O2S2. The fraction of sp³-hybridized carbons (Fsp3) is 0.333. The number of hydrogen-bond acceptors (Lipinski definition) is 6. The smallest absolute Gasteiger partial charge is 0.265 e. The van der Waals surface area contributed by atoms with Gasteiger partial charge in [0.2, 0.25) is 5.13 Å². The van der Waals surface area contributed by atoms with Crippen molar-refractivity contribution in [1.82, 2.24) is 10.2 Å². The Morgan fingerprint density at radius 3 is 2.71 bits per heavy atom. The molecule has 1 aromatic heterocycles. The number of nitrogens with zero attached hydrogens (tertiary/aromatic N) is 2. The van der Waals surface area contributed by atoms with E-state index in [0.717, 1.165) is 11.4 Å². The summed E-state index contributed by atoms with van der Waals surface area (Å²) in [4.78, 5) is -0.0426. The summed E-state index contributed by atoms with van der Waals surface area (Å²) in [5, 5.41) is 8.87. The van der Waals surface area contributed by atoms with Crippen LogP contribution in [-0.4, -0.2) is 18.6 Å². The highest BCUT2D eigenvalue weighted by Gasteiger charge is 2.20. The summed E-state index contributed by atoms with van der Waals surface area (Å²) >= 11 is 7.13. The highest BCUT2D eigenvalue weighted by molar-refractivity contribution is 7.93. The molecule has 0 spiro atoms. The molecule has 1 heterocycles. The van der Waals surface area contributed by atoms with Gasteiger partial charge in [-0.1, -0.05) is 36.8 Å². The summed E-state index contributed by atoms with van der Waals surface area (Å²) in [6.07, 6.45) is 0.752. The Morgan fingerprint density at radius 2 is 2.10 bits per heavy atom. The highest BCUT2D eigenvalue weighted by Crippen LogP contribution is 2.27. The lowest BCUT2D eigenvalue weighted by atomic mass is 10.1. The van der Waals surface area contributed by atoms with E-state index < -0.39 is 10.0 Å². The number of nitrogens with one attached hydrogen (secondary N) is 1. The molecule has 2 rings (SSSR count). The zero-order chi connectivity index (χ0) is 15.6. The lowest BCUT2D eigenvalue weighted by Crippen LogP contribution is -2.13. The SMILES string of the molecule is CC(C)Cc1nnc(NS(=O)(=O)c2ccc(N)cc2Cl)s1. The zero-order valence-corrected chi connectivity index (χ0v) is 13.9. The largest absolute Gasteiger partial charge is 0.399 e. The molecule has 0 saturated heterocycles. The third-order valence-corrected chi connectivity index (χ3v) is 5.33. The van der Waals surface area contributed by atoms with Gasteiger partial charge in [-0.3, -0.25) is 4.72 Å². The van der Waals surface area contributed by atoms with Gasteiger partial charge in [-0.25, -0.2) is 8.42 Å². The summed E-state index contributed by atoms with van der Waals surface area (Å²) in [6.45, 7) is 4.11. The van der Waals surface area contributed by atoms with Crippen LogP contribution >= 0.6 is 22.9 Å². The van der Waals surface area contributed by atoms with Crippen molar-refractivity contribution in [2.24, 2.45) is 5.92 Å². The van der Waals surface area contributed by atoms with Crippen molar-refractivity contribution in [3.05, 3.63) is 28.2 Å². The summed E-state index contributed by atoms with van der Waals surface area (Å²) < 4.78 is 26.9. The maximum Gasteiger partial charge on any atom is 0.265 e. The molecule has 0 aliphatic carbocycles. The molecule has 0 atom stereocenters. The Labute approximate surface area is 132 Å². The Kier molecular flexibility index (Phi) is 4.70. The predicted octanol–water partition coefficient (Wildman–Crippen LogP) is 2.77. The molecule has 0 fully saturated rings. The molecule has 9 heteroatoms. The Bertz CT molecular complexity index is 743. The minimum Gasteiger partial charge on any atom is -0.399 e. The maximum atomic E-state index is 12.3. The van der Waals surface area contributed by atoms with Crippen LogP contribution in [0.5, 0.6) is 0 Å². The van der Waals surface area contributed by atoms with Crippen LogP contribution in [0.2, 0.25) is 5.02 Å². The molecule has 0 unspecified atom stereocenters. The molecule has 0 saturated carbocycles. The Hall–Kier alpha value is -1.38. The number of benzene rings is 1. The average molecular weight is 347 g/mol. The fourth-order valence-electron chi connectivity index (χ4n) is 1.63. The minimum atomic E-state index is -3.81. The molecule has 0 amide bonds. The lowest BCUT2D eigenvalue weighted by Gasteiger charge is -2.07. The van der Waals surface area contributed by atoms with E-state index in [1.165, 1.54) is 29.5 Å². The molecule has 0 aliphatic rings. The van der Waals surface area contributed by atoms with Gasteiger partial charge in [-0.05, 0) is 24.1 Å². The molecule has 114 valence electrons. The Morgan fingerprint density at radius 1 is 1.38 bits per heavy atom. The molecule has 0 radical (unpaired) electrons. The van der Waals surface area contributed by atoms with Crippen molar-refractivity contribution < 1.29 is 8.42 Å². The van der Waals surface area contributed by atoms with Gasteiger partial charge in [0.05, 0.1) is 5.02 Å². The number of rotatable bonds is 5. The van der Waals surface area contributed by atoms with Crippen LogP contribution in [0, 0.1) is 5.92 Å². The quantitative estimate of drug-likeness (QED) is 0.811. The van der Waals surface area contributed by atoms with Crippen LogP contribution in [0.4, 0.5) is 10.8 Å². The van der Waals surface area contributed by atoms with Crippen molar-refractivity contribution in [3.8, 4) is 0 Å². The van der Waals surface area contributed by atoms with Gasteiger partial charge < -0.3 is 5.73 Å². The van der Waals surface area contributed by atoms with Gasteiger partial charge in [0.15, 0.2) is 0 Å². The van der Waals surface area contributed by atoms with Crippen LogP contribution in [0.15, 0.2) is 23.1 Å². The first-order valence-corrected chi connectivity index (χ1v) is 8.86. The summed E-state index contributed by atoms with van der Waals surface area (Å²) in [5.74, 6) is 0.425. The van der Waals surface area contributed by atoms with E-state index in [1.807, 2.05) is 0 Å². The van der Waals surface area contributed by atoms with Crippen molar-refractivity contribution in [1.29, 1.82) is 0 Å². The van der Waals surface area contributed by atoms with E-state index in [-0.39, 0.29) is 15.0 Å². The normalized spacial score (nSPS) is 11.8.